The molecule has 0 aromatic rings. The molecule has 0 aliphatic heterocycles. The van der Waals surface area contributed by atoms with Crippen LogP contribution < -0.4 is 5.32 Å². The number of aliphatic hydroxyl groups excluding tert-OH is 1. The van der Waals surface area contributed by atoms with E-state index in [0.29, 0.717) is 12.5 Å². The van der Waals surface area contributed by atoms with Gasteiger partial charge in [-0.3, -0.25) is 4.79 Å². The summed E-state index contributed by atoms with van der Waals surface area (Å²) in [5.74, 6) is 0.599. The van der Waals surface area contributed by atoms with Crippen molar-refractivity contribution >= 4 is 5.91 Å². The molecule has 1 aliphatic rings. The largest absolute Gasteiger partial charge is 0.396 e. The van der Waals surface area contributed by atoms with Gasteiger partial charge in [-0.05, 0) is 31.6 Å². The van der Waals surface area contributed by atoms with E-state index in [1.54, 1.807) is 0 Å². The van der Waals surface area contributed by atoms with E-state index in [0.717, 1.165) is 25.7 Å². The first kappa shape index (κ1) is 13.5. The van der Waals surface area contributed by atoms with Gasteiger partial charge in [-0.15, -0.1) is 0 Å². The van der Waals surface area contributed by atoms with Gasteiger partial charge in [0.1, 0.15) is 0 Å². The number of rotatable bonds is 6. The molecule has 94 valence electrons. The second-order valence-electron chi connectivity index (χ2n) is 5.17. The zero-order valence-corrected chi connectivity index (χ0v) is 10.6. The number of carbonyl (C=O) groups excluding carboxylic acids is 1. The predicted octanol–water partition coefficient (Wildman–Crippen LogP) is 2.09. The second-order valence-corrected chi connectivity index (χ2v) is 5.17. The molecule has 0 bridgehead atoms. The van der Waals surface area contributed by atoms with Gasteiger partial charge in [-0.25, -0.2) is 0 Å². The van der Waals surface area contributed by atoms with Crippen LogP contribution in [-0.4, -0.2) is 24.2 Å². The van der Waals surface area contributed by atoms with E-state index in [2.05, 4.69) is 19.2 Å². The highest BCUT2D eigenvalue weighted by Crippen LogP contribution is 2.41. The third kappa shape index (κ3) is 3.21. The lowest BCUT2D eigenvalue weighted by atomic mass is 9.82. The Labute approximate surface area is 98.6 Å². The van der Waals surface area contributed by atoms with Crippen molar-refractivity contribution in [1.82, 2.24) is 5.32 Å². The Morgan fingerprint density at radius 2 is 2.06 bits per heavy atom. The first-order valence-electron chi connectivity index (χ1n) is 6.54. The lowest BCUT2D eigenvalue weighted by Gasteiger charge is -2.26. The summed E-state index contributed by atoms with van der Waals surface area (Å²) in [6.07, 6.45) is 6.18. The van der Waals surface area contributed by atoms with Crippen LogP contribution in [0.3, 0.4) is 0 Å². The van der Waals surface area contributed by atoms with Crippen molar-refractivity contribution in [3.63, 3.8) is 0 Å². The van der Waals surface area contributed by atoms with Crippen molar-refractivity contribution in [2.24, 2.45) is 11.3 Å². The topological polar surface area (TPSA) is 49.3 Å². The maximum Gasteiger partial charge on any atom is 0.226 e. The number of aliphatic hydroxyl groups is 1. The molecule has 1 aliphatic carbocycles. The van der Waals surface area contributed by atoms with Gasteiger partial charge in [-0.2, -0.15) is 0 Å². The van der Waals surface area contributed by atoms with E-state index in [-0.39, 0.29) is 17.9 Å². The van der Waals surface area contributed by atoms with Crippen LogP contribution in [0, 0.1) is 11.3 Å². The van der Waals surface area contributed by atoms with Crippen LogP contribution in [0.25, 0.3) is 0 Å². The van der Waals surface area contributed by atoms with Gasteiger partial charge < -0.3 is 10.4 Å². The van der Waals surface area contributed by atoms with Crippen LogP contribution >= 0.6 is 0 Å². The fourth-order valence-electron chi connectivity index (χ4n) is 2.57. The Morgan fingerprint density at radius 3 is 2.56 bits per heavy atom. The van der Waals surface area contributed by atoms with E-state index in [1.165, 1.54) is 12.8 Å². The van der Waals surface area contributed by atoms with Crippen molar-refractivity contribution in [1.29, 1.82) is 0 Å². The average molecular weight is 227 g/mol. The third-order valence-corrected chi connectivity index (χ3v) is 3.95. The zero-order chi connectivity index (χ0) is 12.0. The maximum absolute atomic E-state index is 12.1. The molecular formula is C13H25NO2. The highest BCUT2D eigenvalue weighted by molar-refractivity contribution is 5.82. The SMILES string of the molecule is CCC1(C(=O)NCC(C)CCO)CCCC1. The molecule has 1 rings (SSSR count). The first-order chi connectivity index (χ1) is 7.64. The van der Waals surface area contributed by atoms with Crippen molar-refractivity contribution in [3.05, 3.63) is 0 Å². The Hall–Kier alpha value is -0.570. The molecule has 0 aromatic heterocycles. The van der Waals surface area contributed by atoms with Crippen LogP contribution in [-0.2, 0) is 4.79 Å². The maximum atomic E-state index is 12.1. The summed E-state index contributed by atoms with van der Waals surface area (Å²) in [5.41, 5.74) is -0.0844. The molecule has 0 radical (unpaired) electrons. The average Bonchev–Trinajstić information content (AvgIpc) is 2.76. The van der Waals surface area contributed by atoms with Gasteiger partial charge in [0, 0.05) is 18.6 Å². The van der Waals surface area contributed by atoms with Crippen LogP contribution in [0.15, 0.2) is 0 Å². The summed E-state index contributed by atoms with van der Waals surface area (Å²) in [5, 5.41) is 11.8. The van der Waals surface area contributed by atoms with E-state index < -0.39 is 0 Å². The van der Waals surface area contributed by atoms with Crippen LogP contribution in [0.5, 0.6) is 0 Å². The lowest BCUT2D eigenvalue weighted by molar-refractivity contribution is -0.131. The molecule has 1 amide bonds. The molecule has 0 aromatic carbocycles. The molecular weight excluding hydrogens is 202 g/mol. The van der Waals surface area contributed by atoms with Gasteiger partial charge in [0.2, 0.25) is 5.91 Å². The molecule has 1 fully saturated rings. The molecule has 1 saturated carbocycles. The summed E-state index contributed by atoms with van der Waals surface area (Å²) in [6, 6.07) is 0. The highest BCUT2D eigenvalue weighted by atomic mass is 16.3. The second kappa shape index (κ2) is 6.24. The van der Waals surface area contributed by atoms with E-state index in [1.807, 2.05) is 0 Å². The zero-order valence-electron chi connectivity index (χ0n) is 10.6. The molecule has 3 heteroatoms. The van der Waals surface area contributed by atoms with Crippen molar-refractivity contribution in [2.75, 3.05) is 13.2 Å². The summed E-state index contributed by atoms with van der Waals surface area (Å²) in [6.45, 7) is 5.07. The number of nitrogens with one attached hydrogen (secondary N) is 1. The van der Waals surface area contributed by atoms with Crippen LogP contribution in [0.1, 0.15) is 52.4 Å². The number of amides is 1. The summed E-state index contributed by atoms with van der Waals surface area (Å²) in [7, 11) is 0. The molecule has 0 spiro atoms. The molecule has 3 nitrogen and oxygen atoms in total. The Kier molecular flexibility index (Phi) is 5.26. The van der Waals surface area contributed by atoms with Crippen LogP contribution in [0.4, 0.5) is 0 Å². The molecule has 2 N–H and O–H groups in total. The fourth-order valence-corrected chi connectivity index (χ4v) is 2.57. The molecule has 16 heavy (non-hydrogen) atoms. The smallest absolute Gasteiger partial charge is 0.226 e. The number of hydrogen-bond donors (Lipinski definition) is 2. The predicted molar refractivity (Wildman–Crippen MR) is 65.1 cm³/mol. The Bertz CT molecular complexity index is 222. The minimum Gasteiger partial charge on any atom is -0.396 e. The Morgan fingerprint density at radius 1 is 1.44 bits per heavy atom. The van der Waals surface area contributed by atoms with Gasteiger partial charge in [0.15, 0.2) is 0 Å². The van der Waals surface area contributed by atoms with E-state index in [4.69, 9.17) is 5.11 Å². The van der Waals surface area contributed by atoms with Gasteiger partial charge >= 0.3 is 0 Å². The summed E-state index contributed by atoms with van der Waals surface area (Å²) in [4.78, 5) is 12.1. The normalized spacial score (nSPS) is 20.7. The quantitative estimate of drug-likeness (QED) is 0.730. The van der Waals surface area contributed by atoms with E-state index in [9.17, 15) is 4.79 Å². The Balaban J connectivity index is 2.38. The minimum atomic E-state index is -0.0844. The molecule has 1 atom stereocenters. The first-order valence-corrected chi connectivity index (χ1v) is 6.54. The minimum absolute atomic E-state index is 0.0844. The fraction of sp³-hybridized carbons (Fsp3) is 0.923. The molecule has 1 unspecified atom stereocenters. The third-order valence-electron chi connectivity index (χ3n) is 3.95. The summed E-state index contributed by atoms with van der Waals surface area (Å²) < 4.78 is 0. The lowest BCUT2D eigenvalue weighted by Crippen LogP contribution is -2.40. The number of carbonyl (C=O) groups is 1. The van der Waals surface area contributed by atoms with Crippen molar-refractivity contribution < 1.29 is 9.90 Å². The molecule has 0 heterocycles. The highest BCUT2D eigenvalue weighted by Gasteiger charge is 2.38. The van der Waals surface area contributed by atoms with E-state index >= 15 is 0 Å². The van der Waals surface area contributed by atoms with Crippen LogP contribution in [0.2, 0.25) is 0 Å². The monoisotopic (exact) mass is 227 g/mol. The van der Waals surface area contributed by atoms with Crippen molar-refractivity contribution in [3.8, 4) is 0 Å². The van der Waals surface area contributed by atoms with Gasteiger partial charge in [0.05, 0.1) is 0 Å². The molecule has 0 saturated heterocycles. The van der Waals surface area contributed by atoms with Gasteiger partial charge in [0.25, 0.3) is 0 Å². The van der Waals surface area contributed by atoms with Crippen molar-refractivity contribution in [2.45, 2.75) is 52.4 Å². The summed E-state index contributed by atoms with van der Waals surface area (Å²) >= 11 is 0. The standard InChI is InChI=1S/C13H25NO2/c1-3-13(7-4-5-8-13)12(16)14-10-11(2)6-9-15/h11,15H,3-10H2,1-2H3,(H,14,16). The van der Waals surface area contributed by atoms with Gasteiger partial charge in [-0.1, -0.05) is 26.7 Å². The number of hydrogen-bond acceptors (Lipinski definition) is 2.